The third kappa shape index (κ3) is 5.33. The number of nitrogens with zero attached hydrogens (tertiary/aromatic N) is 5. The number of carbonyl (C=O) groups excluding carboxylic acids is 1. The third-order valence-corrected chi connectivity index (χ3v) is 7.88. The van der Waals surface area contributed by atoms with Crippen molar-refractivity contribution in [3.63, 3.8) is 0 Å². The number of anilines is 2. The number of ether oxygens (including phenoxy) is 2. The average molecular weight is 564 g/mol. The fraction of sp³-hybridized carbons (Fsp3) is 0.312. The molecule has 5 aromatic rings. The van der Waals surface area contributed by atoms with Gasteiger partial charge in [0.2, 0.25) is 0 Å². The number of hydrogen-bond acceptors (Lipinski definition) is 8. The number of carbonyl (C=O) groups is 1. The van der Waals surface area contributed by atoms with E-state index in [1.165, 1.54) is 20.0 Å². The molecule has 0 bridgehead atoms. The van der Waals surface area contributed by atoms with E-state index in [2.05, 4.69) is 30.5 Å². The van der Waals surface area contributed by atoms with Crippen molar-refractivity contribution in [3.8, 4) is 17.5 Å². The molecule has 0 atom stereocenters. The lowest BCUT2D eigenvalue weighted by Gasteiger charge is -2.34. The Morgan fingerprint density at radius 3 is 2.52 bits per heavy atom. The van der Waals surface area contributed by atoms with Crippen molar-refractivity contribution in [2.75, 3.05) is 30.4 Å². The Bertz CT molecular complexity index is 1760. The second-order valence-electron chi connectivity index (χ2n) is 11.0. The van der Waals surface area contributed by atoms with E-state index in [9.17, 15) is 4.79 Å². The number of hydrogen-bond donors (Lipinski definition) is 2. The highest BCUT2D eigenvalue weighted by molar-refractivity contribution is 6.14. The second-order valence-corrected chi connectivity index (χ2v) is 11.0. The summed E-state index contributed by atoms with van der Waals surface area (Å²) >= 11 is 0. The van der Waals surface area contributed by atoms with Gasteiger partial charge in [0.1, 0.15) is 5.75 Å². The van der Waals surface area contributed by atoms with Crippen LogP contribution in [0.2, 0.25) is 0 Å². The van der Waals surface area contributed by atoms with Crippen LogP contribution in [0.25, 0.3) is 16.6 Å². The number of pyridine rings is 1. The Hall–Kier alpha value is -4.70. The Morgan fingerprint density at radius 2 is 1.76 bits per heavy atom. The number of methoxy groups -OCH3 is 1. The zero-order valence-corrected chi connectivity index (χ0v) is 23.7. The van der Waals surface area contributed by atoms with Crippen LogP contribution in [0.15, 0.2) is 67.1 Å². The summed E-state index contributed by atoms with van der Waals surface area (Å²) in [5, 5.41) is 7.64. The van der Waals surface area contributed by atoms with Crippen molar-refractivity contribution in [3.05, 3.63) is 78.4 Å². The van der Waals surface area contributed by atoms with Gasteiger partial charge in [-0.3, -0.25) is 4.79 Å². The van der Waals surface area contributed by atoms with Crippen molar-refractivity contribution in [1.82, 2.24) is 24.7 Å². The fourth-order valence-electron chi connectivity index (χ4n) is 5.66. The molecule has 1 saturated heterocycles. The molecule has 2 N–H and O–H groups in total. The molecule has 1 aliphatic heterocycles. The van der Waals surface area contributed by atoms with E-state index in [1.54, 1.807) is 12.3 Å². The van der Waals surface area contributed by atoms with E-state index >= 15 is 0 Å². The summed E-state index contributed by atoms with van der Waals surface area (Å²) < 4.78 is 13.4. The summed E-state index contributed by atoms with van der Waals surface area (Å²) in [6, 6.07) is 16.6. The summed E-state index contributed by atoms with van der Waals surface area (Å²) in [5.41, 5.74) is 4.09. The number of aryl methyl sites for hydroxylation is 1. The fourth-order valence-corrected chi connectivity index (χ4v) is 5.66. The van der Waals surface area contributed by atoms with Crippen LogP contribution in [0, 0.1) is 6.92 Å². The van der Waals surface area contributed by atoms with Gasteiger partial charge in [-0.15, -0.1) is 0 Å². The summed E-state index contributed by atoms with van der Waals surface area (Å²) in [6.45, 7) is 3.79. The molecule has 42 heavy (non-hydrogen) atoms. The highest BCUT2D eigenvalue weighted by atomic mass is 16.5. The van der Waals surface area contributed by atoms with Gasteiger partial charge in [-0.05, 0) is 56.9 Å². The van der Waals surface area contributed by atoms with Crippen LogP contribution < -0.4 is 25.0 Å². The largest absolute Gasteiger partial charge is 0.467 e. The summed E-state index contributed by atoms with van der Waals surface area (Å²) in [7, 11) is 1.53. The maximum Gasteiger partial charge on any atom is 0.316 e. The van der Waals surface area contributed by atoms with Crippen molar-refractivity contribution >= 4 is 33.8 Å². The standard InChI is InChI=1S/C32H33N7O3/c1-20-18-39-19-23(16-28(30(39)34-20)42-24-6-4-3-5-7-24)36-31(40)25-10-11-27(26-17-33-32(41-2)37-29(25)26)38-14-12-22(13-15-38)35-21-8-9-21/h3-7,10-11,16-19,21-22,35H,8-9,12-15H2,1-2H3,(H,36,40). The Balaban J connectivity index is 1.19. The minimum atomic E-state index is -0.290. The predicted octanol–water partition coefficient (Wildman–Crippen LogP) is 5.36. The van der Waals surface area contributed by atoms with Gasteiger partial charge in [-0.25, -0.2) is 9.97 Å². The van der Waals surface area contributed by atoms with Gasteiger partial charge >= 0.3 is 6.01 Å². The van der Waals surface area contributed by atoms with E-state index in [-0.39, 0.29) is 11.9 Å². The number of piperidine rings is 1. The van der Waals surface area contributed by atoms with Gasteiger partial charge in [-0.1, -0.05) is 18.2 Å². The molecule has 2 aliphatic rings. The third-order valence-electron chi connectivity index (χ3n) is 7.88. The van der Waals surface area contributed by atoms with E-state index in [0.29, 0.717) is 46.0 Å². The molecule has 2 fully saturated rings. The molecule has 10 nitrogen and oxygen atoms in total. The van der Waals surface area contributed by atoms with E-state index < -0.39 is 0 Å². The molecule has 214 valence electrons. The van der Waals surface area contributed by atoms with Crippen LogP contribution in [0.3, 0.4) is 0 Å². The van der Waals surface area contributed by atoms with Gasteiger partial charge in [0.05, 0.1) is 29.6 Å². The summed E-state index contributed by atoms with van der Waals surface area (Å²) in [6.07, 6.45) is 10.2. The average Bonchev–Trinajstić information content (AvgIpc) is 3.74. The zero-order valence-electron chi connectivity index (χ0n) is 23.7. The number of fused-ring (bicyclic) bond motifs is 2. The molecule has 4 heterocycles. The molecule has 7 rings (SSSR count). The maximum atomic E-state index is 13.8. The molecular formula is C32H33N7O3. The Labute approximate surface area is 243 Å². The van der Waals surface area contributed by atoms with Gasteiger partial charge in [0.15, 0.2) is 11.4 Å². The smallest absolute Gasteiger partial charge is 0.316 e. The van der Waals surface area contributed by atoms with Crippen LogP contribution in [-0.4, -0.2) is 57.5 Å². The zero-order chi connectivity index (χ0) is 28.6. The second kappa shape index (κ2) is 10.9. The van der Waals surface area contributed by atoms with Gasteiger partial charge in [0.25, 0.3) is 5.91 Å². The number of amides is 1. The summed E-state index contributed by atoms with van der Waals surface area (Å²) in [5.74, 6) is 0.929. The van der Waals surface area contributed by atoms with Crippen molar-refractivity contribution in [2.45, 2.75) is 44.7 Å². The quantitative estimate of drug-likeness (QED) is 0.260. The monoisotopic (exact) mass is 563 g/mol. The molecule has 2 aromatic carbocycles. The molecule has 1 aliphatic carbocycles. The van der Waals surface area contributed by atoms with Crippen LogP contribution in [0.1, 0.15) is 41.7 Å². The summed E-state index contributed by atoms with van der Waals surface area (Å²) in [4.78, 5) is 29.8. The lowest BCUT2D eigenvalue weighted by Crippen LogP contribution is -2.43. The van der Waals surface area contributed by atoms with Crippen LogP contribution in [0.5, 0.6) is 17.5 Å². The molecule has 10 heteroatoms. The van der Waals surface area contributed by atoms with Crippen LogP contribution >= 0.6 is 0 Å². The minimum Gasteiger partial charge on any atom is -0.467 e. The van der Waals surface area contributed by atoms with E-state index in [4.69, 9.17) is 9.47 Å². The van der Waals surface area contributed by atoms with Crippen molar-refractivity contribution in [1.29, 1.82) is 0 Å². The normalized spacial score (nSPS) is 15.7. The first-order valence-electron chi connectivity index (χ1n) is 14.4. The Kier molecular flexibility index (Phi) is 6.83. The highest BCUT2D eigenvalue weighted by Gasteiger charge is 2.28. The lowest BCUT2D eigenvalue weighted by molar-refractivity contribution is 0.102. The number of imidazole rings is 1. The van der Waals surface area contributed by atoms with Crippen molar-refractivity contribution < 1.29 is 14.3 Å². The molecule has 0 radical (unpaired) electrons. The maximum absolute atomic E-state index is 13.8. The molecular weight excluding hydrogens is 530 g/mol. The number of aromatic nitrogens is 4. The lowest BCUT2D eigenvalue weighted by atomic mass is 10.0. The number of nitrogens with one attached hydrogen (secondary N) is 2. The molecule has 0 spiro atoms. The van der Waals surface area contributed by atoms with Gasteiger partial charge in [-0.2, -0.15) is 4.98 Å². The minimum absolute atomic E-state index is 0.217. The van der Waals surface area contributed by atoms with Gasteiger partial charge < -0.3 is 29.4 Å². The highest BCUT2D eigenvalue weighted by Crippen LogP contribution is 2.33. The number of rotatable bonds is 8. The van der Waals surface area contributed by atoms with E-state index in [1.807, 2.05) is 66.2 Å². The first kappa shape index (κ1) is 26.2. The SMILES string of the molecule is COc1ncc2c(N3CCC(NC4CC4)CC3)ccc(C(=O)Nc3cc(Oc4ccccc4)c4nc(C)cn4c3)c2n1. The van der Waals surface area contributed by atoms with Crippen LogP contribution in [0.4, 0.5) is 11.4 Å². The predicted molar refractivity (Wildman–Crippen MR) is 162 cm³/mol. The molecule has 1 saturated carbocycles. The topological polar surface area (TPSA) is 106 Å². The first-order valence-corrected chi connectivity index (χ1v) is 14.4. The molecule has 3 aromatic heterocycles. The number of para-hydroxylation sites is 1. The van der Waals surface area contributed by atoms with Crippen molar-refractivity contribution in [2.24, 2.45) is 0 Å². The first-order chi connectivity index (χ1) is 20.5. The van der Waals surface area contributed by atoms with Crippen LogP contribution in [-0.2, 0) is 0 Å². The molecule has 0 unspecified atom stereocenters. The van der Waals surface area contributed by atoms with E-state index in [0.717, 1.165) is 42.7 Å². The Morgan fingerprint density at radius 1 is 0.976 bits per heavy atom. The molecule has 1 amide bonds. The van der Waals surface area contributed by atoms with Gasteiger partial charge in [0, 0.05) is 60.9 Å². The number of benzene rings is 2.